The molecule has 2 N–H and O–H groups in total. The summed E-state index contributed by atoms with van der Waals surface area (Å²) in [5.41, 5.74) is 2.84. The maximum absolute atomic E-state index is 12.3. The van der Waals surface area contributed by atoms with E-state index in [2.05, 4.69) is 34.4 Å². The quantitative estimate of drug-likeness (QED) is 0.534. The van der Waals surface area contributed by atoms with E-state index in [1.807, 2.05) is 25.1 Å². The van der Waals surface area contributed by atoms with E-state index < -0.39 is 0 Å². The normalized spacial score (nSPS) is 17.4. The summed E-state index contributed by atoms with van der Waals surface area (Å²) >= 11 is 1.63. The third kappa shape index (κ3) is 5.70. The van der Waals surface area contributed by atoms with E-state index in [-0.39, 0.29) is 5.91 Å². The monoisotopic (exact) mass is 412 g/mol. The number of quaternary nitrogens is 1. The molecule has 2 aromatic rings. The Bertz CT molecular complexity index is 862. The first-order valence-electron chi connectivity index (χ1n) is 10.5. The van der Waals surface area contributed by atoms with Gasteiger partial charge in [-0.25, -0.2) is 9.97 Å². The van der Waals surface area contributed by atoms with Gasteiger partial charge in [0.1, 0.15) is 5.82 Å². The van der Waals surface area contributed by atoms with Gasteiger partial charge in [-0.1, -0.05) is 23.9 Å². The Labute approximate surface area is 177 Å². The first-order chi connectivity index (χ1) is 14.1. The number of amides is 1. The van der Waals surface area contributed by atoms with Gasteiger partial charge in [0, 0.05) is 29.6 Å². The van der Waals surface area contributed by atoms with Crippen molar-refractivity contribution in [1.29, 1.82) is 0 Å². The summed E-state index contributed by atoms with van der Waals surface area (Å²) < 4.78 is 0. The molecule has 0 unspecified atom stereocenters. The molecular formula is C22H30N5OS+. The number of aryl methyl sites for hydroxylation is 1. The number of nitrogens with zero attached hydrogens (tertiary/aromatic N) is 3. The van der Waals surface area contributed by atoms with Gasteiger partial charge >= 0.3 is 0 Å². The number of anilines is 1. The summed E-state index contributed by atoms with van der Waals surface area (Å²) in [7, 11) is 2.24. The van der Waals surface area contributed by atoms with Crippen molar-refractivity contribution < 1.29 is 9.69 Å². The second-order valence-corrected chi connectivity index (χ2v) is 9.18. The Morgan fingerprint density at radius 2 is 2.03 bits per heavy atom. The fourth-order valence-corrected chi connectivity index (χ4v) is 4.32. The highest BCUT2D eigenvalue weighted by Gasteiger charge is 2.22. The molecule has 154 valence electrons. The van der Waals surface area contributed by atoms with E-state index >= 15 is 0 Å². The van der Waals surface area contributed by atoms with Crippen LogP contribution in [0.25, 0.3) is 0 Å². The van der Waals surface area contributed by atoms with Crippen LogP contribution in [-0.4, -0.2) is 55.6 Å². The fraction of sp³-hybridized carbons (Fsp3) is 0.500. The highest BCUT2D eigenvalue weighted by Crippen LogP contribution is 2.27. The number of hydrogen-bond donors (Lipinski definition) is 2. The number of hydrogen-bond acceptors (Lipinski definition) is 5. The number of carbonyl (C=O) groups is 1. The molecule has 29 heavy (non-hydrogen) atoms. The van der Waals surface area contributed by atoms with E-state index in [9.17, 15) is 4.79 Å². The van der Waals surface area contributed by atoms with Gasteiger partial charge in [-0.05, 0) is 43.4 Å². The first-order valence-corrected chi connectivity index (χ1v) is 11.5. The standard InChI is InChI=1S/C22H29N5OS/c1-16-12-20(27-10-8-26(2)9-11-27)25-22(24-16)29-15-18-4-3-5-19(13-18)21(28)23-14-17-6-7-17/h3-5,12-13,17H,6-11,14-15H2,1-2H3,(H,23,28)/p+1. The lowest BCUT2D eigenvalue weighted by atomic mass is 10.1. The molecule has 1 aromatic heterocycles. The van der Waals surface area contributed by atoms with Crippen LogP contribution in [0.5, 0.6) is 0 Å². The Morgan fingerprint density at radius 3 is 2.79 bits per heavy atom. The minimum absolute atomic E-state index is 0.0232. The number of nitrogens with one attached hydrogen (secondary N) is 2. The van der Waals surface area contributed by atoms with E-state index in [0.717, 1.165) is 66.3 Å². The highest BCUT2D eigenvalue weighted by molar-refractivity contribution is 7.98. The number of benzene rings is 1. The second kappa shape index (κ2) is 9.13. The van der Waals surface area contributed by atoms with E-state index in [1.165, 1.54) is 12.8 Å². The minimum atomic E-state index is 0.0232. The predicted molar refractivity (Wildman–Crippen MR) is 117 cm³/mol. The van der Waals surface area contributed by atoms with Crippen molar-refractivity contribution >= 4 is 23.5 Å². The Hall–Kier alpha value is -2.12. The van der Waals surface area contributed by atoms with Crippen LogP contribution < -0.4 is 15.1 Å². The summed E-state index contributed by atoms with van der Waals surface area (Å²) in [5.74, 6) is 2.49. The lowest BCUT2D eigenvalue weighted by Crippen LogP contribution is -3.12. The maximum Gasteiger partial charge on any atom is 0.251 e. The third-order valence-electron chi connectivity index (χ3n) is 5.57. The highest BCUT2D eigenvalue weighted by atomic mass is 32.2. The molecule has 2 aliphatic rings. The number of likely N-dealkylation sites (N-methyl/N-ethyl adjacent to an activating group) is 1. The molecule has 1 aliphatic carbocycles. The zero-order valence-corrected chi connectivity index (χ0v) is 18.1. The summed E-state index contributed by atoms with van der Waals surface area (Å²) in [4.78, 5) is 25.7. The molecule has 1 aliphatic heterocycles. The SMILES string of the molecule is Cc1cc(N2CC[NH+](C)CC2)nc(SCc2cccc(C(=O)NCC3CC3)c2)n1. The van der Waals surface area contributed by atoms with Crippen LogP contribution in [-0.2, 0) is 5.75 Å². The Morgan fingerprint density at radius 1 is 1.24 bits per heavy atom. The van der Waals surface area contributed by atoms with Crippen LogP contribution in [0.15, 0.2) is 35.5 Å². The molecule has 1 saturated heterocycles. The zero-order chi connectivity index (χ0) is 20.2. The molecule has 0 bridgehead atoms. The summed E-state index contributed by atoms with van der Waals surface area (Å²) in [6.45, 7) is 7.17. The number of thioether (sulfide) groups is 1. The van der Waals surface area contributed by atoms with E-state index in [1.54, 1.807) is 16.7 Å². The van der Waals surface area contributed by atoms with Crippen LogP contribution in [0.2, 0.25) is 0 Å². The zero-order valence-electron chi connectivity index (χ0n) is 17.3. The second-order valence-electron chi connectivity index (χ2n) is 8.24. The van der Waals surface area contributed by atoms with Gasteiger partial charge < -0.3 is 15.1 Å². The number of aromatic nitrogens is 2. The van der Waals surface area contributed by atoms with E-state index in [0.29, 0.717) is 5.92 Å². The van der Waals surface area contributed by atoms with Gasteiger partial charge in [0.25, 0.3) is 5.91 Å². The smallest absolute Gasteiger partial charge is 0.251 e. The largest absolute Gasteiger partial charge is 0.352 e. The van der Waals surface area contributed by atoms with Crippen molar-refractivity contribution in [2.75, 3.05) is 44.7 Å². The Kier molecular flexibility index (Phi) is 6.35. The van der Waals surface area contributed by atoms with Gasteiger partial charge in [-0.15, -0.1) is 0 Å². The molecule has 0 radical (unpaired) electrons. The van der Waals surface area contributed by atoms with Crippen molar-refractivity contribution in [1.82, 2.24) is 15.3 Å². The van der Waals surface area contributed by atoms with Crippen molar-refractivity contribution in [2.24, 2.45) is 5.92 Å². The number of carbonyl (C=O) groups excluding carboxylic acids is 1. The summed E-state index contributed by atoms with van der Waals surface area (Å²) in [6, 6.07) is 9.96. The van der Waals surface area contributed by atoms with Gasteiger partial charge in [0.2, 0.25) is 0 Å². The molecule has 1 saturated carbocycles. The predicted octanol–water partition coefficient (Wildman–Crippen LogP) is 1.55. The van der Waals surface area contributed by atoms with Crippen LogP contribution in [0.1, 0.15) is 34.5 Å². The lowest BCUT2D eigenvalue weighted by molar-refractivity contribution is -0.880. The number of rotatable bonds is 7. The third-order valence-corrected chi connectivity index (χ3v) is 6.48. The molecule has 2 heterocycles. The van der Waals surface area contributed by atoms with Crippen LogP contribution in [0, 0.1) is 12.8 Å². The first kappa shape index (κ1) is 20.2. The molecule has 0 spiro atoms. The van der Waals surface area contributed by atoms with Crippen LogP contribution in [0.3, 0.4) is 0 Å². The average Bonchev–Trinajstić information content (AvgIpc) is 3.55. The summed E-state index contributed by atoms with van der Waals surface area (Å²) in [5, 5.41) is 3.84. The fourth-order valence-electron chi connectivity index (χ4n) is 3.48. The average molecular weight is 413 g/mol. The van der Waals surface area contributed by atoms with E-state index in [4.69, 9.17) is 4.98 Å². The lowest BCUT2D eigenvalue weighted by Gasteiger charge is -2.31. The topological polar surface area (TPSA) is 62.6 Å². The van der Waals surface area contributed by atoms with Crippen LogP contribution >= 0.6 is 11.8 Å². The van der Waals surface area contributed by atoms with Crippen molar-refractivity contribution in [3.8, 4) is 0 Å². The molecule has 7 heteroatoms. The van der Waals surface area contributed by atoms with Crippen LogP contribution in [0.4, 0.5) is 5.82 Å². The summed E-state index contributed by atoms with van der Waals surface area (Å²) in [6.07, 6.45) is 2.48. The molecule has 1 amide bonds. The maximum atomic E-state index is 12.3. The number of piperazine rings is 1. The molecule has 6 nitrogen and oxygen atoms in total. The van der Waals surface area contributed by atoms with Crippen molar-refractivity contribution in [2.45, 2.75) is 30.7 Å². The van der Waals surface area contributed by atoms with Gasteiger partial charge in [-0.2, -0.15) is 0 Å². The van der Waals surface area contributed by atoms with Crippen molar-refractivity contribution in [3.63, 3.8) is 0 Å². The van der Waals surface area contributed by atoms with Crippen molar-refractivity contribution in [3.05, 3.63) is 47.2 Å². The molecule has 1 aromatic carbocycles. The molecular weight excluding hydrogens is 382 g/mol. The molecule has 4 rings (SSSR count). The molecule has 2 fully saturated rings. The van der Waals surface area contributed by atoms with Gasteiger partial charge in [-0.3, -0.25) is 4.79 Å². The van der Waals surface area contributed by atoms with Gasteiger partial charge in [0.15, 0.2) is 5.16 Å². The minimum Gasteiger partial charge on any atom is -0.352 e. The molecule has 0 atom stereocenters. The Balaban J connectivity index is 1.38. The van der Waals surface area contributed by atoms with Gasteiger partial charge in [0.05, 0.1) is 33.2 Å².